The van der Waals surface area contributed by atoms with Crippen molar-refractivity contribution in [1.82, 2.24) is 15.0 Å². The highest BCUT2D eigenvalue weighted by atomic mass is 14.9. The molecule has 0 radical (unpaired) electrons. The molecule has 0 bridgehead atoms. The number of hydrogen-bond donors (Lipinski definition) is 0. The predicted molar refractivity (Wildman–Crippen MR) is 201 cm³/mol. The summed E-state index contributed by atoms with van der Waals surface area (Å²) in [5.41, 5.74) is 4.65. The molecule has 0 spiro atoms. The second-order valence-electron chi connectivity index (χ2n) is 12.0. The van der Waals surface area contributed by atoms with Crippen molar-refractivity contribution in [3.63, 3.8) is 0 Å². The Morgan fingerprint density at radius 2 is 0.708 bits per heavy atom. The summed E-state index contributed by atoms with van der Waals surface area (Å²) in [7, 11) is 0. The van der Waals surface area contributed by atoms with Gasteiger partial charge in [-0.1, -0.05) is 140 Å². The third-order valence-electron chi connectivity index (χ3n) is 9.19. The maximum Gasteiger partial charge on any atom is 0.160 e. The van der Waals surface area contributed by atoms with Gasteiger partial charge < -0.3 is 0 Å². The second-order valence-corrected chi connectivity index (χ2v) is 12.0. The molecule has 3 nitrogen and oxygen atoms in total. The first-order chi connectivity index (χ1) is 23.8. The quantitative estimate of drug-likeness (QED) is 0.199. The van der Waals surface area contributed by atoms with Crippen molar-refractivity contribution in [3.05, 3.63) is 176 Å². The zero-order chi connectivity index (χ0) is 31.9. The van der Waals surface area contributed by atoms with Gasteiger partial charge in [0.2, 0.25) is 0 Å². The van der Waals surface area contributed by atoms with Crippen LogP contribution in [0.25, 0.3) is 87.8 Å². The Hall–Kier alpha value is -6.45. The molecule has 0 saturated heterocycles. The van der Waals surface area contributed by atoms with E-state index in [4.69, 9.17) is 9.97 Å². The third-order valence-corrected chi connectivity index (χ3v) is 9.19. The fourth-order valence-electron chi connectivity index (χ4n) is 6.95. The van der Waals surface area contributed by atoms with E-state index in [-0.39, 0.29) is 0 Å². The summed E-state index contributed by atoms with van der Waals surface area (Å²) in [4.78, 5) is 14.7. The first-order valence-corrected chi connectivity index (χ1v) is 16.2. The van der Waals surface area contributed by atoms with Crippen LogP contribution in [0.4, 0.5) is 0 Å². The van der Waals surface area contributed by atoms with E-state index in [0.29, 0.717) is 5.82 Å². The molecule has 224 valence electrons. The van der Waals surface area contributed by atoms with Crippen LogP contribution in [0.3, 0.4) is 0 Å². The zero-order valence-corrected chi connectivity index (χ0v) is 26.1. The van der Waals surface area contributed by atoms with Crippen molar-refractivity contribution in [3.8, 4) is 33.9 Å². The van der Waals surface area contributed by atoms with Crippen molar-refractivity contribution in [1.29, 1.82) is 0 Å². The highest BCUT2D eigenvalue weighted by Gasteiger charge is 2.13. The van der Waals surface area contributed by atoms with Gasteiger partial charge in [0.15, 0.2) is 5.82 Å². The van der Waals surface area contributed by atoms with Gasteiger partial charge in [0.25, 0.3) is 0 Å². The minimum atomic E-state index is 0.673. The van der Waals surface area contributed by atoms with Gasteiger partial charge in [-0.15, -0.1) is 0 Å². The van der Waals surface area contributed by atoms with E-state index < -0.39 is 0 Å². The lowest BCUT2D eigenvalue weighted by Gasteiger charge is -2.12. The molecule has 2 heterocycles. The lowest BCUT2D eigenvalue weighted by Crippen LogP contribution is -1.96. The molecule has 2 aromatic heterocycles. The SMILES string of the molecule is c1ccc(-c2cc(-c3cccnc3)nc(-c3ccc4c5ccccc5c5ccccc5c5ccccc5c5ccccc5c4c3)n2)cc1. The predicted octanol–water partition coefficient (Wildman–Crippen LogP) is 11.8. The third kappa shape index (κ3) is 4.81. The van der Waals surface area contributed by atoms with Gasteiger partial charge in [0, 0.05) is 29.1 Å². The van der Waals surface area contributed by atoms with Crippen LogP contribution in [0.5, 0.6) is 0 Å². The van der Waals surface area contributed by atoms with Crippen LogP contribution in [0.2, 0.25) is 0 Å². The minimum Gasteiger partial charge on any atom is -0.264 e. The Balaban J connectivity index is 1.45. The van der Waals surface area contributed by atoms with Crippen LogP contribution in [-0.2, 0) is 0 Å². The molecule has 0 unspecified atom stereocenters. The molecular formula is C45H29N3. The van der Waals surface area contributed by atoms with E-state index >= 15 is 0 Å². The summed E-state index contributed by atoms with van der Waals surface area (Å²) in [5, 5.41) is 11.9. The van der Waals surface area contributed by atoms with Crippen LogP contribution in [-0.4, -0.2) is 15.0 Å². The molecule has 0 atom stereocenters. The van der Waals surface area contributed by atoms with Crippen molar-refractivity contribution in [2.45, 2.75) is 0 Å². The van der Waals surface area contributed by atoms with E-state index in [0.717, 1.165) is 33.5 Å². The number of fused-ring (bicyclic) bond motifs is 10. The van der Waals surface area contributed by atoms with E-state index in [1.807, 2.05) is 36.5 Å². The first-order valence-electron chi connectivity index (χ1n) is 16.2. The van der Waals surface area contributed by atoms with E-state index in [1.54, 1.807) is 6.20 Å². The van der Waals surface area contributed by atoms with Crippen LogP contribution < -0.4 is 0 Å². The normalized spacial score (nSPS) is 11.3. The molecule has 0 fully saturated rings. The molecule has 0 aliphatic rings. The molecule has 0 aliphatic heterocycles. The Morgan fingerprint density at radius 1 is 0.292 bits per heavy atom. The molecule has 0 aliphatic carbocycles. The average Bonchev–Trinajstić information content (AvgIpc) is 3.18. The van der Waals surface area contributed by atoms with Gasteiger partial charge in [-0.25, -0.2) is 9.97 Å². The first kappa shape index (κ1) is 27.8. The van der Waals surface area contributed by atoms with Crippen LogP contribution >= 0.6 is 0 Å². The molecule has 0 amide bonds. The monoisotopic (exact) mass is 611 g/mol. The summed E-state index contributed by atoms with van der Waals surface area (Å²) in [6.07, 6.45) is 3.64. The summed E-state index contributed by atoms with van der Waals surface area (Å²) < 4.78 is 0. The summed E-state index contributed by atoms with van der Waals surface area (Å²) in [6, 6.07) is 58.1. The molecule has 48 heavy (non-hydrogen) atoms. The number of pyridine rings is 1. The average molecular weight is 612 g/mol. The Bertz CT molecular complexity index is 2590. The number of nitrogens with zero attached hydrogens (tertiary/aromatic N) is 3. The maximum atomic E-state index is 5.16. The Labute approximate surface area is 278 Å². The highest BCUT2D eigenvalue weighted by molar-refractivity contribution is 6.26. The molecular weight excluding hydrogens is 583 g/mol. The number of aromatic nitrogens is 3. The summed E-state index contributed by atoms with van der Waals surface area (Å²) >= 11 is 0. The standard InChI is InChI=1S/C45H29N3/c1-2-13-30(14-3-1)43-28-44(32-15-12-26-46-29-32)48-45(47-43)31-24-25-41-39-22-9-8-20-37(39)35-18-5-4-16-33(35)34-17-6-7-19-36(34)38-21-10-11-23-40(38)42(41)27-31/h1-29H. The van der Waals surface area contributed by atoms with Gasteiger partial charge in [0.1, 0.15) is 0 Å². The fraction of sp³-hybridized carbons (Fsp3) is 0. The largest absolute Gasteiger partial charge is 0.264 e. The molecule has 0 N–H and O–H groups in total. The van der Waals surface area contributed by atoms with Crippen LogP contribution in [0.1, 0.15) is 0 Å². The van der Waals surface area contributed by atoms with E-state index in [2.05, 4.69) is 138 Å². The van der Waals surface area contributed by atoms with Gasteiger partial charge in [-0.2, -0.15) is 0 Å². The smallest absolute Gasteiger partial charge is 0.160 e. The Morgan fingerprint density at radius 3 is 1.19 bits per heavy atom. The van der Waals surface area contributed by atoms with Gasteiger partial charge in [-0.05, 0) is 78.1 Å². The topological polar surface area (TPSA) is 38.7 Å². The summed E-state index contributed by atoms with van der Waals surface area (Å²) in [5.74, 6) is 0.673. The molecule has 9 aromatic rings. The fourth-order valence-corrected chi connectivity index (χ4v) is 6.95. The lowest BCUT2D eigenvalue weighted by molar-refractivity contribution is 1.18. The highest BCUT2D eigenvalue weighted by Crippen LogP contribution is 2.37. The molecule has 0 saturated carbocycles. The van der Waals surface area contributed by atoms with Gasteiger partial charge in [-0.3, -0.25) is 4.98 Å². The van der Waals surface area contributed by atoms with Crippen molar-refractivity contribution < 1.29 is 0 Å². The number of benzene rings is 6. The summed E-state index contributed by atoms with van der Waals surface area (Å²) in [6.45, 7) is 0. The van der Waals surface area contributed by atoms with Crippen LogP contribution in [0, 0.1) is 0 Å². The zero-order valence-electron chi connectivity index (χ0n) is 26.1. The minimum absolute atomic E-state index is 0.673. The second kappa shape index (κ2) is 11.7. The van der Waals surface area contributed by atoms with Gasteiger partial charge >= 0.3 is 0 Å². The van der Waals surface area contributed by atoms with Crippen LogP contribution in [0.15, 0.2) is 176 Å². The van der Waals surface area contributed by atoms with E-state index in [1.165, 1.54) is 48.5 Å². The Kier molecular flexibility index (Phi) is 6.80. The molecule has 9 rings (SSSR count). The van der Waals surface area contributed by atoms with Crippen molar-refractivity contribution >= 4 is 53.9 Å². The van der Waals surface area contributed by atoms with Crippen molar-refractivity contribution in [2.24, 2.45) is 0 Å². The van der Waals surface area contributed by atoms with Gasteiger partial charge in [0.05, 0.1) is 11.4 Å². The number of rotatable bonds is 3. The molecule has 7 aromatic carbocycles. The van der Waals surface area contributed by atoms with E-state index in [9.17, 15) is 0 Å². The maximum absolute atomic E-state index is 5.16. The molecule has 3 heteroatoms. The number of hydrogen-bond acceptors (Lipinski definition) is 3. The van der Waals surface area contributed by atoms with Crippen molar-refractivity contribution in [2.75, 3.05) is 0 Å². The lowest BCUT2D eigenvalue weighted by atomic mass is 9.94.